The van der Waals surface area contributed by atoms with Crippen molar-refractivity contribution < 1.29 is 24.5 Å². The number of nitrogens with one attached hydrogen (secondary N) is 1. The van der Waals surface area contributed by atoms with Gasteiger partial charge in [0.1, 0.15) is 0 Å². The molecule has 0 aromatic rings. The third-order valence-electron chi connectivity index (χ3n) is 14.7. The number of rotatable bonds is 59. The average molecular weight is 987 g/mol. The van der Waals surface area contributed by atoms with Gasteiger partial charge in [-0.25, -0.2) is 0 Å². The summed E-state index contributed by atoms with van der Waals surface area (Å²) < 4.78 is 5.50. The summed E-state index contributed by atoms with van der Waals surface area (Å²) in [6.07, 6.45) is 73.6. The lowest BCUT2D eigenvalue weighted by Crippen LogP contribution is -2.45. The number of hydrogen-bond acceptors (Lipinski definition) is 5. The fourth-order valence-corrected chi connectivity index (χ4v) is 9.87. The number of allylic oxidation sites excluding steroid dienone is 3. The highest BCUT2D eigenvalue weighted by molar-refractivity contribution is 5.76. The minimum Gasteiger partial charge on any atom is -0.466 e. The topological polar surface area (TPSA) is 95.9 Å². The van der Waals surface area contributed by atoms with Crippen molar-refractivity contribution in [2.45, 2.75) is 360 Å². The summed E-state index contributed by atoms with van der Waals surface area (Å²) in [7, 11) is 0. The van der Waals surface area contributed by atoms with Gasteiger partial charge >= 0.3 is 5.97 Å². The van der Waals surface area contributed by atoms with Crippen LogP contribution in [0.4, 0.5) is 0 Å². The Morgan fingerprint density at radius 1 is 0.386 bits per heavy atom. The molecule has 0 aliphatic rings. The van der Waals surface area contributed by atoms with Gasteiger partial charge in [0.2, 0.25) is 5.91 Å². The predicted octanol–water partition coefficient (Wildman–Crippen LogP) is 19.8. The number of ether oxygens (including phenoxy) is 1. The van der Waals surface area contributed by atoms with E-state index in [-0.39, 0.29) is 18.5 Å². The largest absolute Gasteiger partial charge is 0.466 e. The van der Waals surface area contributed by atoms with Crippen LogP contribution in [0.1, 0.15) is 348 Å². The number of aliphatic hydroxyl groups excluding tert-OH is 2. The van der Waals surface area contributed by atoms with Gasteiger partial charge in [0.15, 0.2) is 0 Å². The normalized spacial score (nSPS) is 12.7. The van der Waals surface area contributed by atoms with E-state index >= 15 is 0 Å². The Labute approximate surface area is 437 Å². The minimum absolute atomic E-state index is 0.00733. The maximum absolute atomic E-state index is 12.5. The van der Waals surface area contributed by atoms with Gasteiger partial charge in [0.05, 0.1) is 25.4 Å². The molecule has 6 heteroatoms. The van der Waals surface area contributed by atoms with Crippen LogP contribution in [0, 0.1) is 0 Å². The van der Waals surface area contributed by atoms with Crippen LogP contribution < -0.4 is 5.32 Å². The van der Waals surface area contributed by atoms with E-state index in [2.05, 4.69) is 31.3 Å². The van der Waals surface area contributed by atoms with Crippen LogP contribution in [0.3, 0.4) is 0 Å². The van der Waals surface area contributed by atoms with Gasteiger partial charge in [-0.3, -0.25) is 9.59 Å². The van der Waals surface area contributed by atoms with Crippen LogP contribution in [0.15, 0.2) is 24.3 Å². The van der Waals surface area contributed by atoms with Crippen molar-refractivity contribution in [2.24, 2.45) is 0 Å². The number of amides is 1. The van der Waals surface area contributed by atoms with E-state index in [0.29, 0.717) is 19.4 Å². The summed E-state index contributed by atoms with van der Waals surface area (Å²) in [5.74, 6) is -0.0729. The van der Waals surface area contributed by atoms with Gasteiger partial charge in [-0.05, 0) is 57.8 Å². The highest BCUT2D eigenvalue weighted by Gasteiger charge is 2.18. The summed E-state index contributed by atoms with van der Waals surface area (Å²) in [5.41, 5.74) is 0. The number of aliphatic hydroxyl groups is 2. The van der Waals surface area contributed by atoms with E-state index in [1.54, 1.807) is 6.08 Å². The van der Waals surface area contributed by atoms with E-state index in [1.807, 2.05) is 6.08 Å². The molecule has 0 fully saturated rings. The van der Waals surface area contributed by atoms with Crippen LogP contribution >= 0.6 is 0 Å². The van der Waals surface area contributed by atoms with E-state index < -0.39 is 12.1 Å². The van der Waals surface area contributed by atoms with Gasteiger partial charge in [0.25, 0.3) is 0 Å². The standard InChI is InChI=1S/C64H123NO5/c1-3-5-7-9-11-13-15-17-19-21-22-26-30-34-38-42-46-50-54-58-64(69)70-59-55-51-47-43-39-35-31-27-24-23-25-29-33-37-41-45-49-53-57-63(68)65-61(60-66)62(67)56-52-48-44-40-36-32-28-20-18-16-14-12-10-8-6-4-2/h25,29,52,56,61-62,66-67H,3-24,26-28,30-51,53-55,57-60H2,1-2H3,(H,65,68)/b29-25-,56-52+. The molecule has 1 amide bonds. The van der Waals surface area contributed by atoms with Crippen molar-refractivity contribution >= 4 is 11.9 Å². The molecular formula is C64H123NO5. The second-order valence-electron chi connectivity index (χ2n) is 21.7. The van der Waals surface area contributed by atoms with Crippen LogP contribution in [0.5, 0.6) is 0 Å². The van der Waals surface area contributed by atoms with Crippen molar-refractivity contribution in [3.05, 3.63) is 24.3 Å². The first kappa shape index (κ1) is 68.3. The Hall–Kier alpha value is -1.66. The second kappa shape index (κ2) is 59.9. The zero-order valence-electron chi connectivity index (χ0n) is 47.3. The minimum atomic E-state index is -0.853. The van der Waals surface area contributed by atoms with Crippen molar-refractivity contribution in [3.8, 4) is 0 Å². The lowest BCUT2D eigenvalue weighted by molar-refractivity contribution is -0.143. The first-order valence-corrected chi connectivity index (χ1v) is 31.6. The van der Waals surface area contributed by atoms with Crippen LogP contribution in [-0.4, -0.2) is 47.4 Å². The van der Waals surface area contributed by atoms with Crippen molar-refractivity contribution in [1.82, 2.24) is 5.32 Å². The van der Waals surface area contributed by atoms with Gasteiger partial charge in [-0.2, -0.15) is 0 Å². The third-order valence-corrected chi connectivity index (χ3v) is 14.7. The lowest BCUT2D eigenvalue weighted by Gasteiger charge is -2.20. The Morgan fingerprint density at radius 2 is 0.671 bits per heavy atom. The first-order valence-electron chi connectivity index (χ1n) is 31.6. The first-order chi connectivity index (χ1) is 34.5. The van der Waals surface area contributed by atoms with Gasteiger partial charge in [-0.15, -0.1) is 0 Å². The number of carbonyl (C=O) groups is 2. The van der Waals surface area contributed by atoms with E-state index in [1.165, 1.54) is 263 Å². The Morgan fingerprint density at radius 3 is 1.01 bits per heavy atom. The molecule has 70 heavy (non-hydrogen) atoms. The highest BCUT2D eigenvalue weighted by Crippen LogP contribution is 2.18. The maximum Gasteiger partial charge on any atom is 0.305 e. The molecule has 0 aliphatic carbocycles. The molecule has 0 spiro atoms. The van der Waals surface area contributed by atoms with E-state index in [0.717, 1.165) is 57.8 Å². The molecule has 0 aromatic carbocycles. The summed E-state index contributed by atoms with van der Waals surface area (Å²) in [4.78, 5) is 24.6. The zero-order chi connectivity index (χ0) is 50.7. The fourth-order valence-electron chi connectivity index (χ4n) is 9.87. The molecule has 0 aliphatic heterocycles. The number of carbonyl (C=O) groups excluding carboxylic acids is 2. The van der Waals surface area contributed by atoms with Crippen molar-refractivity contribution in [1.29, 1.82) is 0 Å². The molecule has 0 saturated heterocycles. The molecule has 414 valence electrons. The third kappa shape index (κ3) is 55.7. The predicted molar refractivity (Wildman–Crippen MR) is 306 cm³/mol. The number of hydrogen-bond donors (Lipinski definition) is 3. The molecule has 0 saturated carbocycles. The molecular weight excluding hydrogens is 863 g/mol. The molecule has 3 N–H and O–H groups in total. The number of unbranched alkanes of at least 4 members (excludes halogenated alkanes) is 46. The average Bonchev–Trinajstić information content (AvgIpc) is 3.36. The lowest BCUT2D eigenvalue weighted by atomic mass is 10.0. The molecule has 6 nitrogen and oxygen atoms in total. The van der Waals surface area contributed by atoms with Crippen molar-refractivity contribution in [2.75, 3.05) is 13.2 Å². The molecule has 0 aromatic heterocycles. The summed E-state index contributed by atoms with van der Waals surface area (Å²) >= 11 is 0. The van der Waals surface area contributed by atoms with Crippen LogP contribution in [-0.2, 0) is 14.3 Å². The van der Waals surface area contributed by atoms with Gasteiger partial charge in [0, 0.05) is 12.8 Å². The molecule has 0 radical (unpaired) electrons. The zero-order valence-corrected chi connectivity index (χ0v) is 47.3. The quantitative estimate of drug-likeness (QED) is 0.0321. The summed E-state index contributed by atoms with van der Waals surface area (Å²) in [6.45, 7) is 4.92. The molecule has 0 bridgehead atoms. The highest BCUT2D eigenvalue weighted by atomic mass is 16.5. The summed E-state index contributed by atoms with van der Waals surface area (Å²) in [5, 5.41) is 23.1. The van der Waals surface area contributed by atoms with Gasteiger partial charge in [-0.1, -0.05) is 301 Å². The molecule has 2 atom stereocenters. The monoisotopic (exact) mass is 986 g/mol. The molecule has 0 rings (SSSR count). The van der Waals surface area contributed by atoms with Crippen LogP contribution in [0.25, 0.3) is 0 Å². The summed E-state index contributed by atoms with van der Waals surface area (Å²) in [6, 6.07) is -0.638. The Kier molecular flexibility index (Phi) is 58.5. The second-order valence-corrected chi connectivity index (χ2v) is 21.7. The van der Waals surface area contributed by atoms with Crippen LogP contribution in [0.2, 0.25) is 0 Å². The Bertz CT molecular complexity index is 1090. The maximum atomic E-state index is 12.5. The molecule has 2 unspecified atom stereocenters. The smallest absolute Gasteiger partial charge is 0.305 e. The van der Waals surface area contributed by atoms with E-state index in [9.17, 15) is 19.8 Å². The van der Waals surface area contributed by atoms with Crippen molar-refractivity contribution in [3.63, 3.8) is 0 Å². The Balaban J connectivity index is 3.44. The number of esters is 1. The van der Waals surface area contributed by atoms with E-state index in [4.69, 9.17) is 4.74 Å². The molecule has 0 heterocycles. The fraction of sp³-hybridized carbons (Fsp3) is 0.906. The SMILES string of the molecule is CCCCCCCCCCCCCCCC/C=C/C(O)C(CO)NC(=O)CCCCCCC/C=C\CCCCCCCCCCCOC(=O)CCCCCCCCCCCCCCCCCCCCC. The van der Waals surface area contributed by atoms with Gasteiger partial charge < -0.3 is 20.3 Å².